The molecule has 2 aromatic carbocycles. The predicted octanol–water partition coefficient (Wildman–Crippen LogP) is 4.59. The van der Waals surface area contributed by atoms with Crippen molar-refractivity contribution < 1.29 is 23.4 Å². The number of anilines is 2. The quantitative estimate of drug-likeness (QED) is 0.539. The first-order chi connectivity index (χ1) is 13.5. The van der Waals surface area contributed by atoms with Gasteiger partial charge >= 0.3 is 6.09 Å². The number of aromatic nitrogens is 2. The molecule has 0 atom stereocenters. The molecule has 8 heteroatoms. The first-order valence-electron chi connectivity index (χ1n) is 8.45. The van der Waals surface area contributed by atoms with E-state index in [0.29, 0.717) is 28.7 Å². The van der Waals surface area contributed by atoms with Gasteiger partial charge in [0.05, 0.1) is 27.0 Å². The number of hydrogen-bond acceptors (Lipinski definition) is 5. The maximum absolute atomic E-state index is 13.6. The molecule has 4 rings (SSSR count). The van der Waals surface area contributed by atoms with Crippen LogP contribution in [-0.4, -0.2) is 37.2 Å². The van der Waals surface area contributed by atoms with Crippen molar-refractivity contribution in [1.29, 1.82) is 0 Å². The summed E-state index contributed by atoms with van der Waals surface area (Å²) in [6.07, 6.45) is -0.608. The third kappa shape index (κ3) is 2.79. The summed E-state index contributed by atoms with van der Waals surface area (Å²) in [6.45, 7) is 0. The Kier molecular flexibility index (Phi) is 4.31. The number of fused-ring (bicyclic) bond motifs is 3. The minimum Gasteiger partial charge on any atom is -0.493 e. The van der Waals surface area contributed by atoms with E-state index in [0.717, 1.165) is 16.3 Å². The summed E-state index contributed by atoms with van der Waals surface area (Å²) in [4.78, 5) is 12.3. The maximum atomic E-state index is 13.6. The lowest BCUT2D eigenvalue weighted by atomic mass is 10.2. The van der Waals surface area contributed by atoms with Gasteiger partial charge in [-0.3, -0.25) is 5.10 Å². The number of carbonyl (C=O) groups excluding carboxylic acids is 1. The molecular weight excluding hydrogens is 365 g/mol. The zero-order valence-corrected chi connectivity index (χ0v) is 15.5. The molecule has 1 heterocycles. The van der Waals surface area contributed by atoms with Gasteiger partial charge in [0.25, 0.3) is 0 Å². The van der Waals surface area contributed by atoms with Gasteiger partial charge in [-0.05, 0) is 41.8 Å². The molecule has 0 amide bonds. The smallest absolute Gasteiger partial charge is 0.434 e. The number of methoxy groups -OCH3 is 3. The van der Waals surface area contributed by atoms with Crippen LogP contribution < -0.4 is 14.8 Å². The fourth-order valence-corrected chi connectivity index (χ4v) is 3.25. The molecule has 0 saturated heterocycles. The van der Waals surface area contributed by atoms with Crippen LogP contribution >= 0.6 is 0 Å². The number of H-pyrrole nitrogens is 1. The van der Waals surface area contributed by atoms with E-state index in [-0.39, 0.29) is 5.82 Å². The molecule has 0 bridgehead atoms. The van der Waals surface area contributed by atoms with Crippen LogP contribution in [0.4, 0.5) is 20.7 Å². The highest BCUT2D eigenvalue weighted by Gasteiger charge is 2.25. The number of rotatable bonds is 4. The summed E-state index contributed by atoms with van der Waals surface area (Å²) in [5.74, 6) is 1.22. The van der Waals surface area contributed by atoms with Crippen LogP contribution in [0, 0.1) is 5.82 Å². The Balaban J connectivity index is 1.92. The van der Waals surface area contributed by atoms with E-state index >= 15 is 0 Å². The van der Waals surface area contributed by atoms with Crippen molar-refractivity contribution in [1.82, 2.24) is 9.78 Å². The van der Waals surface area contributed by atoms with Crippen LogP contribution in [0.25, 0.3) is 22.0 Å². The Hall–Kier alpha value is -3.68. The van der Waals surface area contributed by atoms with E-state index in [2.05, 4.69) is 10.4 Å². The van der Waals surface area contributed by atoms with Gasteiger partial charge in [0.15, 0.2) is 11.5 Å². The standard InChI is InChI=1S/C20H18FN3O4/c1-26-16-8-11-7-15-18(14(11)10-17(16)27-2)23-24(20(25)28-3)19(15)22-13-6-4-5-12(21)9-13/h4-10,22-23H,1-3H3. The van der Waals surface area contributed by atoms with Crippen molar-refractivity contribution in [2.75, 3.05) is 26.6 Å². The average Bonchev–Trinajstić information content (AvgIpc) is 3.22. The topological polar surface area (TPSA) is 77.5 Å². The number of ether oxygens (including phenoxy) is 3. The normalized spacial score (nSPS) is 11.0. The highest BCUT2D eigenvalue weighted by Crippen LogP contribution is 2.43. The highest BCUT2D eigenvalue weighted by molar-refractivity contribution is 6.06. The zero-order valence-electron chi connectivity index (χ0n) is 15.5. The monoisotopic (exact) mass is 383 g/mol. The molecule has 144 valence electrons. The average molecular weight is 383 g/mol. The molecule has 2 N–H and O–H groups in total. The van der Waals surface area contributed by atoms with Gasteiger partial charge in [-0.25, -0.2) is 9.18 Å². The Labute approximate surface area is 159 Å². The van der Waals surface area contributed by atoms with Gasteiger partial charge in [-0.1, -0.05) is 6.07 Å². The van der Waals surface area contributed by atoms with Crippen LogP contribution in [0.1, 0.15) is 0 Å². The van der Waals surface area contributed by atoms with Gasteiger partial charge in [0, 0.05) is 16.6 Å². The number of hydrogen-bond donors (Lipinski definition) is 2. The van der Waals surface area contributed by atoms with Crippen molar-refractivity contribution in [3.8, 4) is 22.8 Å². The molecule has 2 aliphatic rings. The molecule has 1 aliphatic carbocycles. The van der Waals surface area contributed by atoms with Crippen LogP contribution in [0.5, 0.6) is 11.5 Å². The first kappa shape index (κ1) is 17.7. The second-order valence-corrected chi connectivity index (χ2v) is 6.13. The van der Waals surface area contributed by atoms with Gasteiger partial charge in [0.1, 0.15) is 11.6 Å². The minimum absolute atomic E-state index is 0.386. The van der Waals surface area contributed by atoms with Gasteiger partial charge < -0.3 is 19.5 Å². The number of benzene rings is 2. The molecule has 0 radical (unpaired) electrons. The fourth-order valence-electron chi connectivity index (χ4n) is 3.25. The van der Waals surface area contributed by atoms with Crippen molar-refractivity contribution in [2.45, 2.75) is 0 Å². The molecule has 0 saturated carbocycles. The molecule has 0 spiro atoms. The minimum atomic E-state index is -0.608. The lowest BCUT2D eigenvalue weighted by Gasteiger charge is -2.09. The number of nitrogens with one attached hydrogen (secondary N) is 2. The molecule has 0 unspecified atom stereocenters. The van der Waals surface area contributed by atoms with Crippen molar-refractivity contribution in [3.63, 3.8) is 0 Å². The molecule has 0 aromatic heterocycles. The molecule has 0 fully saturated rings. The van der Waals surface area contributed by atoms with E-state index in [1.807, 2.05) is 18.2 Å². The number of nitrogens with zero attached hydrogens (tertiary/aromatic N) is 1. The largest absolute Gasteiger partial charge is 0.493 e. The van der Waals surface area contributed by atoms with Crippen LogP contribution in [0.2, 0.25) is 0 Å². The number of aromatic amines is 1. The summed E-state index contributed by atoms with van der Waals surface area (Å²) in [5, 5.41) is 7.90. The van der Waals surface area contributed by atoms with E-state index in [1.165, 1.54) is 23.9 Å². The predicted molar refractivity (Wildman–Crippen MR) is 104 cm³/mol. The van der Waals surface area contributed by atoms with E-state index < -0.39 is 6.09 Å². The van der Waals surface area contributed by atoms with E-state index in [4.69, 9.17) is 14.2 Å². The Morgan fingerprint density at radius 2 is 1.82 bits per heavy atom. The number of carbonyl (C=O) groups is 1. The van der Waals surface area contributed by atoms with Crippen molar-refractivity contribution in [2.24, 2.45) is 0 Å². The molecular formula is C20H18FN3O4. The highest BCUT2D eigenvalue weighted by atomic mass is 19.1. The van der Waals surface area contributed by atoms with Crippen LogP contribution in [-0.2, 0) is 4.74 Å². The maximum Gasteiger partial charge on any atom is 0.434 e. The van der Waals surface area contributed by atoms with Crippen LogP contribution in [0.15, 0.2) is 42.5 Å². The Morgan fingerprint density at radius 3 is 2.50 bits per heavy atom. The second-order valence-electron chi connectivity index (χ2n) is 6.13. The third-order valence-electron chi connectivity index (χ3n) is 4.54. The number of halogens is 1. The Bertz CT molecular complexity index is 1150. The zero-order chi connectivity index (χ0) is 19.8. The second kappa shape index (κ2) is 6.80. The van der Waals surface area contributed by atoms with E-state index in [9.17, 15) is 9.18 Å². The van der Waals surface area contributed by atoms with Crippen LogP contribution in [0.3, 0.4) is 0 Å². The van der Waals surface area contributed by atoms with Gasteiger partial charge in [0.2, 0.25) is 0 Å². The lowest BCUT2D eigenvalue weighted by molar-refractivity contribution is 0.170. The fraction of sp³-hybridized carbons (Fsp3) is 0.150. The first-order valence-corrected chi connectivity index (χ1v) is 8.45. The van der Waals surface area contributed by atoms with Crippen molar-refractivity contribution in [3.05, 3.63) is 48.3 Å². The van der Waals surface area contributed by atoms with Gasteiger partial charge in [-0.2, -0.15) is 4.68 Å². The molecule has 7 nitrogen and oxygen atoms in total. The summed E-state index contributed by atoms with van der Waals surface area (Å²) in [5.41, 5.74) is 1.94. The molecule has 28 heavy (non-hydrogen) atoms. The SMILES string of the molecule is COC(=O)n1[nH]c2c3cc(OC)c(OC)cc3cc-2c1Nc1cccc(F)c1. The van der Waals surface area contributed by atoms with Gasteiger partial charge in [-0.15, -0.1) is 0 Å². The molecule has 2 aromatic rings. The van der Waals surface area contributed by atoms with E-state index in [1.54, 1.807) is 26.4 Å². The molecule has 1 aliphatic heterocycles. The summed E-state index contributed by atoms with van der Waals surface area (Å²) in [6, 6.07) is 11.6. The summed E-state index contributed by atoms with van der Waals surface area (Å²) in [7, 11) is 4.42. The third-order valence-corrected chi connectivity index (χ3v) is 4.54. The Morgan fingerprint density at radius 1 is 1.07 bits per heavy atom. The summed E-state index contributed by atoms with van der Waals surface area (Å²) < 4.78 is 30.4. The lowest BCUT2D eigenvalue weighted by Crippen LogP contribution is -2.15. The summed E-state index contributed by atoms with van der Waals surface area (Å²) >= 11 is 0. The van der Waals surface area contributed by atoms with Crippen molar-refractivity contribution >= 4 is 28.4 Å².